The second-order valence-electron chi connectivity index (χ2n) is 5.20. The monoisotopic (exact) mass is 301 g/mol. The summed E-state index contributed by atoms with van der Waals surface area (Å²) in [6.07, 6.45) is 0.892. The SMILES string of the molecule is N#CC1(NC(=O)C2=NOC(c3ccccc3)C2)CCSC1. The van der Waals surface area contributed by atoms with Crippen LogP contribution in [0, 0.1) is 11.3 Å². The number of nitrogens with zero attached hydrogens (tertiary/aromatic N) is 2. The first-order valence-corrected chi connectivity index (χ1v) is 7.97. The van der Waals surface area contributed by atoms with Gasteiger partial charge in [0.2, 0.25) is 0 Å². The summed E-state index contributed by atoms with van der Waals surface area (Å²) in [5.74, 6) is 1.23. The van der Waals surface area contributed by atoms with Gasteiger partial charge in [-0.2, -0.15) is 17.0 Å². The van der Waals surface area contributed by atoms with Gasteiger partial charge >= 0.3 is 0 Å². The molecule has 0 aliphatic carbocycles. The van der Waals surface area contributed by atoms with Gasteiger partial charge in [-0.15, -0.1) is 0 Å². The Hall–Kier alpha value is -2.00. The van der Waals surface area contributed by atoms with Crippen LogP contribution in [0.15, 0.2) is 35.5 Å². The van der Waals surface area contributed by atoms with E-state index < -0.39 is 5.54 Å². The van der Waals surface area contributed by atoms with Crippen molar-refractivity contribution >= 4 is 23.4 Å². The second kappa shape index (κ2) is 5.78. The number of carbonyl (C=O) groups is 1. The number of rotatable bonds is 3. The zero-order valence-corrected chi connectivity index (χ0v) is 12.2. The van der Waals surface area contributed by atoms with Crippen molar-refractivity contribution in [3.63, 3.8) is 0 Å². The zero-order chi connectivity index (χ0) is 14.7. The quantitative estimate of drug-likeness (QED) is 0.927. The highest BCUT2D eigenvalue weighted by atomic mass is 32.2. The molecule has 3 rings (SSSR count). The van der Waals surface area contributed by atoms with Crippen LogP contribution < -0.4 is 5.32 Å². The summed E-state index contributed by atoms with van der Waals surface area (Å²) in [7, 11) is 0. The van der Waals surface area contributed by atoms with Crippen LogP contribution in [0.2, 0.25) is 0 Å². The first-order chi connectivity index (χ1) is 10.2. The summed E-state index contributed by atoms with van der Waals surface area (Å²) in [6.45, 7) is 0. The molecular weight excluding hydrogens is 286 g/mol. The summed E-state index contributed by atoms with van der Waals surface area (Å²) >= 11 is 1.68. The summed E-state index contributed by atoms with van der Waals surface area (Å²) in [4.78, 5) is 17.6. The molecule has 2 aliphatic rings. The van der Waals surface area contributed by atoms with Crippen LogP contribution in [0.5, 0.6) is 0 Å². The molecule has 0 bridgehead atoms. The first-order valence-electron chi connectivity index (χ1n) is 6.82. The van der Waals surface area contributed by atoms with Gasteiger partial charge in [0.25, 0.3) is 5.91 Å². The number of hydrogen-bond donors (Lipinski definition) is 1. The molecule has 6 heteroatoms. The zero-order valence-electron chi connectivity index (χ0n) is 11.4. The summed E-state index contributed by atoms with van der Waals surface area (Å²) in [6, 6.07) is 11.9. The molecule has 1 amide bonds. The molecule has 2 aliphatic heterocycles. The smallest absolute Gasteiger partial charge is 0.270 e. The van der Waals surface area contributed by atoms with Crippen LogP contribution in [0.25, 0.3) is 0 Å². The van der Waals surface area contributed by atoms with E-state index >= 15 is 0 Å². The van der Waals surface area contributed by atoms with Gasteiger partial charge in [-0.3, -0.25) is 4.79 Å². The normalized spacial score (nSPS) is 27.6. The minimum absolute atomic E-state index is 0.220. The first kappa shape index (κ1) is 14.0. The highest BCUT2D eigenvalue weighted by Crippen LogP contribution is 2.29. The molecule has 1 saturated heterocycles. The van der Waals surface area contributed by atoms with E-state index in [4.69, 9.17) is 4.84 Å². The molecule has 0 radical (unpaired) electrons. The topological polar surface area (TPSA) is 74.5 Å². The Morgan fingerprint density at radius 3 is 2.95 bits per heavy atom. The summed E-state index contributed by atoms with van der Waals surface area (Å²) < 4.78 is 0. The van der Waals surface area contributed by atoms with Gasteiger partial charge in [-0.1, -0.05) is 35.5 Å². The van der Waals surface area contributed by atoms with Crippen LogP contribution in [0.4, 0.5) is 0 Å². The lowest BCUT2D eigenvalue weighted by Crippen LogP contribution is -2.49. The molecule has 108 valence electrons. The Morgan fingerprint density at radius 1 is 1.48 bits per heavy atom. The largest absolute Gasteiger partial charge is 0.387 e. The maximum atomic E-state index is 12.3. The van der Waals surface area contributed by atoms with Crippen molar-refractivity contribution in [2.45, 2.75) is 24.5 Å². The van der Waals surface area contributed by atoms with Crippen molar-refractivity contribution in [1.29, 1.82) is 5.26 Å². The van der Waals surface area contributed by atoms with Gasteiger partial charge in [0, 0.05) is 12.2 Å². The van der Waals surface area contributed by atoms with E-state index in [9.17, 15) is 10.1 Å². The van der Waals surface area contributed by atoms with E-state index in [-0.39, 0.29) is 12.0 Å². The maximum absolute atomic E-state index is 12.3. The molecule has 5 nitrogen and oxygen atoms in total. The summed E-state index contributed by atoms with van der Waals surface area (Å²) in [5, 5.41) is 16.0. The van der Waals surface area contributed by atoms with Crippen LogP contribution in [-0.2, 0) is 9.63 Å². The van der Waals surface area contributed by atoms with Crippen LogP contribution >= 0.6 is 11.8 Å². The van der Waals surface area contributed by atoms with Crippen LogP contribution in [-0.4, -0.2) is 28.7 Å². The fourth-order valence-corrected chi connectivity index (χ4v) is 3.69. The van der Waals surface area contributed by atoms with E-state index in [2.05, 4.69) is 16.5 Å². The Morgan fingerprint density at radius 2 is 2.29 bits per heavy atom. The predicted molar refractivity (Wildman–Crippen MR) is 80.7 cm³/mol. The summed E-state index contributed by atoms with van der Waals surface area (Å²) in [5.41, 5.74) is 0.598. The minimum atomic E-state index is -0.755. The number of hydrogen-bond acceptors (Lipinski definition) is 5. The van der Waals surface area contributed by atoms with Gasteiger partial charge in [-0.25, -0.2) is 0 Å². The molecule has 1 N–H and O–H groups in total. The molecule has 21 heavy (non-hydrogen) atoms. The minimum Gasteiger partial charge on any atom is -0.387 e. The molecule has 2 unspecified atom stereocenters. The van der Waals surface area contributed by atoms with E-state index in [1.165, 1.54) is 0 Å². The van der Waals surface area contributed by atoms with Gasteiger partial charge < -0.3 is 10.2 Å². The molecule has 0 spiro atoms. The number of carbonyl (C=O) groups excluding carboxylic acids is 1. The lowest BCUT2D eigenvalue weighted by atomic mass is 9.99. The lowest BCUT2D eigenvalue weighted by Gasteiger charge is -2.20. The number of amides is 1. The van der Waals surface area contributed by atoms with Crippen molar-refractivity contribution in [3.05, 3.63) is 35.9 Å². The van der Waals surface area contributed by atoms with E-state index in [0.29, 0.717) is 24.3 Å². The number of thioether (sulfide) groups is 1. The molecule has 0 saturated carbocycles. The molecule has 1 fully saturated rings. The predicted octanol–water partition coefficient (Wildman–Crippen LogP) is 2.02. The Labute approximate surface area is 127 Å². The molecule has 2 atom stereocenters. The fourth-order valence-electron chi connectivity index (χ4n) is 2.43. The Bertz CT molecular complexity index is 603. The number of nitriles is 1. The van der Waals surface area contributed by atoms with Crippen molar-refractivity contribution < 1.29 is 9.63 Å². The third-order valence-corrected chi connectivity index (χ3v) is 4.88. The molecule has 1 aromatic rings. The fraction of sp³-hybridized carbons (Fsp3) is 0.400. The number of benzene rings is 1. The second-order valence-corrected chi connectivity index (χ2v) is 6.30. The molecule has 2 heterocycles. The Kier molecular flexibility index (Phi) is 3.84. The third kappa shape index (κ3) is 2.88. The van der Waals surface area contributed by atoms with E-state index in [0.717, 1.165) is 11.3 Å². The van der Waals surface area contributed by atoms with E-state index in [1.807, 2.05) is 30.3 Å². The molecule has 0 aromatic heterocycles. The van der Waals surface area contributed by atoms with Crippen molar-refractivity contribution in [3.8, 4) is 6.07 Å². The number of oxime groups is 1. The third-order valence-electron chi connectivity index (χ3n) is 3.69. The van der Waals surface area contributed by atoms with Crippen molar-refractivity contribution in [2.75, 3.05) is 11.5 Å². The Balaban J connectivity index is 1.64. The maximum Gasteiger partial charge on any atom is 0.270 e. The average molecular weight is 301 g/mol. The average Bonchev–Trinajstić information content (AvgIpc) is 3.18. The highest BCUT2D eigenvalue weighted by Gasteiger charge is 2.38. The van der Waals surface area contributed by atoms with Crippen LogP contribution in [0.1, 0.15) is 24.5 Å². The standard InChI is InChI=1S/C15H15N3O2S/c16-9-15(6-7-21-10-15)17-14(19)12-8-13(20-18-12)11-4-2-1-3-5-11/h1-5,13H,6-8,10H2,(H,17,19). The van der Waals surface area contributed by atoms with Gasteiger partial charge in [0.1, 0.15) is 11.3 Å². The van der Waals surface area contributed by atoms with Gasteiger partial charge in [-0.05, 0) is 17.7 Å². The molecule has 1 aromatic carbocycles. The lowest BCUT2D eigenvalue weighted by molar-refractivity contribution is -0.116. The van der Waals surface area contributed by atoms with Crippen molar-refractivity contribution in [1.82, 2.24) is 5.32 Å². The van der Waals surface area contributed by atoms with Crippen LogP contribution in [0.3, 0.4) is 0 Å². The van der Waals surface area contributed by atoms with E-state index in [1.54, 1.807) is 11.8 Å². The van der Waals surface area contributed by atoms with Crippen molar-refractivity contribution in [2.24, 2.45) is 5.16 Å². The number of nitrogens with one attached hydrogen (secondary N) is 1. The highest BCUT2D eigenvalue weighted by molar-refractivity contribution is 7.99. The van der Waals surface area contributed by atoms with Gasteiger partial charge in [0.05, 0.1) is 6.07 Å². The molecular formula is C15H15N3O2S. The van der Waals surface area contributed by atoms with Gasteiger partial charge in [0.15, 0.2) is 6.10 Å².